The Morgan fingerprint density at radius 2 is 2.03 bits per heavy atom. The molecule has 2 atom stereocenters. The van der Waals surface area contributed by atoms with Gasteiger partial charge in [0.1, 0.15) is 23.8 Å². The Labute approximate surface area is 210 Å². The van der Waals surface area contributed by atoms with Crippen molar-refractivity contribution in [1.82, 2.24) is 14.5 Å². The van der Waals surface area contributed by atoms with E-state index in [1.54, 1.807) is 32.6 Å². The summed E-state index contributed by atoms with van der Waals surface area (Å²) in [6.07, 6.45) is 5.78. The van der Waals surface area contributed by atoms with Crippen molar-refractivity contribution in [3.63, 3.8) is 0 Å². The number of rotatable bonds is 11. The maximum absolute atomic E-state index is 13.5. The van der Waals surface area contributed by atoms with Crippen LogP contribution in [0.2, 0.25) is 0 Å². The Balaban J connectivity index is 1.35. The van der Waals surface area contributed by atoms with E-state index in [-0.39, 0.29) is 19.0 Å². The van der Waals surface area contributed by atoms with Gasteiger partial charge < -0.3 is 29.0 Å². The van der Waals surface area contributed by atoms with Crippen molar-refractivity contribution in [3.05, 3.63) is 72.1 Å². The van der Waals surface area contributed by atoms with Crippen LogP contribution in [0.25, 0.3) is 0 Å². The molecule has 1 aliphatic heterocycles. The Morgan fingerprint density at radius 1 is 1.17 bits per heavy atom. The number of aliphatic hydroxyl groups excluding tert-OH is 1. The molecule has 0 unspecified atom stereocenters. The zero-order valence-corrected chi connectivity index (χ0v) is 20.8. The summed E-state index contributed by atoms with van der Waals surface area (Å²) < 4.78 is 32.8. The highest BCUT2D eigenvalue weighted by atomic mass is 19.1. The second-order valence-electron chi connectivity index (χ2n) is 9.31. The molecule has 0 aliphatic carbocycles. The third-order valence-electron chi connectivity index (χ3n) is 6.47. The maximum Gasteiger partial charge on any atom is 0.161 e. The average Bonchev–Trinajstić information content (AvgIpc) is 3.39. The lowest BCUT2D eigenvalue weighted by Crippen LogP contribution is -2.59. The van der Waals surface area contributed by atoms with Gasteiger partial charge in [0.2, 0.25) is 0 Å². The van der Waals surface area contributed by atoms with Gasteiger partial charge in [0.05, 0.1) is 26.1 Å². The molecule has 0 radical (unpaired) electrons. The topological polar surface area (TPSA) is 89.2 Å². The highest BCUT2D eigenvalue weighted by Gasteiger charge is 2.42. The lowest BCUT2D eigenvalue weighted by molar-refractivity contribution is -0.140. The number of hydrogen-bond acceptors (Lipinski definition) is 7. The highest BCUT2D eigenvalue weighted by molar-refractivity contribution is 5.43. The number of hydrogen-bond donors (Lipinski definition) is 2. The number of halogens is 1. The summed E-state index contributed by atoms with van der Waals surface area (Å²) >= 11 is 0. The molecular formula is C27H34FN3O5. The van der Waals surface area contributed by atoms with Gasteiger partial charge in [-0.1, -0.05) is 6.07 Å². The number of nitrogens with zero attached hydrogens (tertiary/aromatic N) is 3. The smallest absolute Gasteiger partial charge is 0.161 e. The zero-order chi connectivity index (χ0) is 25.5. The minimum Gasteiger partial charge on any atom is -0.493 e. The number of benzene rings is 2. The Hall–Kier alpha value is -3.14. The van der Waals surface area contributed by atoms with Crippen LogP contribution in [-0.4, -0.2) is 69.8 Å². The zero-order valence-electron chi connectivity index (χ0n) is 20.8. The molecule has 0 amide bonds. The van der Waals surface area contributed by atoms with Crippen molar-refractivity contribution in [2.75, 3.05) is 33.4 Å². The molecule has 194 valence electrons. The van der Waals surface area contributed by atoms with Crippen LogP contribution in [0.15, 0.2) is 55.1 Å². The number of β-amino-alcohol motifs (C(OH)–C–C–N with tert-alkyl or cyclic N) is 1. The lowest BCUT2D eigenvalue weighted by Gasteiger charge is -2.42. The largest absolute Gasteiger partial charge is 0.493 e. The monoisotopic (exact) mass is 499 g/mol. The third-order valence-corrected chi connectivity index (χ3v) is 6.47. The minimum absolute atomic E-state index is 0.0936. The van der Waals surface area contributed by atoms with E-state index in [0.717, 1.165) is 18.5 Å². The van der Waals surface area contributed by atoms with Crippen LogP contribution in [-0.2, 0) is 13.1 Å². The van der Waals surface area contributed by atoms with Gasteiger partial charge in [-0.3, -0.25) is 4.90 Å². The quantitative estimate of drug-likeness (QED) is 0.392. The summed E-state index contributed by atoms with van der Waals surface area (Å²) in [5, 5.41) is 21.7. The van der Waals surface area contributed by atoms with Crippen LogP contribution < -0.4 is 14.2 Å². The van der Waals surface area contributed by atoms with Crippen molar-refractivity contribution in [2.24, 2.45) is 0 Å². The Morgan fingerprint density at radius 3 is 2.78 bits per heavy atom. The molecule has 2 aromatic carbocycles. The molecule has 1 aliphatic rings. The number of aliphatic hydroxyl groups is 2. The molecule has 8 nitrogen and oxygen atoms in total. The number of likely N-dealkylation sites (tertiary alicyclic amines) is 1. The Bertz CT molecular complexity index is 1130. The van der Waals surface area contributed by atoms with E-state index < -0.39 is 11.7 Å². The van der Waals surface area contributed by atoms with Gasteiger partial charge in [-0.25, -0.2) is 9.37 Å². The molecule has 2 heterocycles. The lowest BCUT2D eigenvalue weighted by atomic mass is 9.90. The van der Waals surface area contributed by atoms with Gasteiger partial charge >= 0.3 is 0 Å². The number of aryl methyl sites for hydroxylation is 2. The summed E-state index contributed by atoms with van der Waals surface area (Å²) in [5.74, 6) is 1.47. The number of imidazole rings is 1. The number of ether oxygens (including phenoxy) is 3. The first kappa shape index (κ1) is 25.9. The number of methoxy groups -OCH3 is 1. The van der Waals surface area contributed by atoms with Gasteiger partial charge in [-0.15, -0.1) is 0 Å². The molecule has 1 fully saturated rings. The third kappa shape index (κ3) is 6.54. The predicted octanol–water partition coefficient (Wildman–Crippen LogP) is 3.19. The van der Waals surface area contributed by atoms with Crippen molar-refractivity contribution in [3.8, 4) is 17.2 Å². The van der Waals surface area contributed by atoms with E-state index >= 15 is 0 Å². The number of aromatic nitrogens is 2. The molecule has 2 N–H and O–H groups in total. The fraction of sp³-hybridized carbons (Fsp3) is 0.444. The fourth-order valence-corrected chi connectivity index (χ4v) is 4.38. The molecule has 0 saturated carbocycles. The standard InChI is InChI=1S/C27H34FN3O5/c1-20-14-22(5-6-23(20)28)36-18-27(33)17-31(11-8-26(27)32)16-21-4-7-24(34-2)25(15-21)35-13-3-10-30-12-9-29-19-30/h4-7,9,12,14-15,19,26,32-33H,3,8,10-11,13,16-18H2,1-2H3/t26-,27-/m0/s1. The molecule has 36 heavy (non-hydrogen) atoms. The molecule has 3 aromatic rings. The van der Waals surface area contributed by atoms with Crippen LogP contribution in [0.5, 0.6) is 17.2 Å². The number of piperidine rings is 1. The van der Waals surface area contributed by atoms with Crippen LogP contribution in [0.4, 0.5) is 4.39 Å². The van der Waals surface area contributed by atoms with Crippen LogP contribution >= 0.6 is 0 Å². The second-order valence-corrected chi connectivity index (χ2v) is 9.31. The maximum atomic E-state index is 13.5. The minimum atomic E-state index is -1.44. The van der Waals surface area contributed by atoms with E-state index in [4.69, 9.17) is 14.2 Å². The molecular weight excluding hydrogens is 465 g/mol. The van der Waals surface area contributed by atoms with E-state index in [9.17, 15) is 14.6 Å². The Kier molecular flexibility index (Phi) is 8.45. The van der Waals surface area contributed by atoms with Crippen LogP contribution in [0.1, 0.15) is 24.0 Å². The normalized spacial score (nSPS) is 20.3. The van der Waals surface area contributed by atoms with Crippen LogP contribution in [0, 0.1) is 12.7 Å². The predicted molar refractivity (Wildman–Crippen MR) is 133 cm³/mol. The molecule has 0 spiro atoms. The summed E-state index contributed by atoms with van der Waals surface area (Å²) in [5.41, 5.74) is 0.0263. The summed E-state index contributed by atoms with van der Waals surface area (Å²) in [7, 11) is 1.61. The van der Waals surface area contributed by atoms with E-state index in [1.807, 2.05) is 29.0 Å². The summed E-state index contributed by atoms with van der Waals surface area (Å²) in [6.45, 7) is 4.35. The summed E-state index contributed by atoms with van der Waals surface area (Å²) in [4.78, 5) is 6.12. The van der Waals surface area contributed by atoms with Gasteiger partial charge in [-0.05, 0) is 61.2 Å². The van der Waals surface area contributed by atoms with Gasteiger partial charge in [0, 0.05) is 38.6 Å². The van der Waals surface area contributed by atoms with Crippen molar-refractivity contribution in [2.45, 2.75) is 44.6 Å². The van der Waals surface area contributed by atoms with Gasteiger partial charge in [0.25, 0.3) is 0 Å². The second kappa shape index (κ2) is 11.7. The van der Waals surface area contributed by atoms with E-state index in [2.05, 4.69) is 9.88 Å². The molecule has 1 saturated heterocycles. The van der Waals surface area contributed by atoms with Gasteiger partial charge in [0.15, 0.2) is 11.5 Å². The van der Waals surface area contributed by atoms with Crippen molar-refractivity contribution >= 4 is 0 Å². The molecule has 9 heteroatoms. The molecule has 0 bridgehead atoms. The molecule has 1 aromatic heterocycles. The van der Waals surface area contributed by atoms with Crippen LogP contribution in [0.3, 0.4) is 0 Å². The summed E-state index contributed by atoms with van der Waals surface area (Å²) in [6, 6.07) is 10.2. The van der Waals surface area contributed by atoms with Crippen molar-refractivity contribution in [1.29, 1.82) is 0 Å². The van der Waals surface area contributed by atoms with Gasteiger partial charge in [-0.2, -0.15) is 0 Å². The van der Waals surface area contributed by atoms with E-state index in [1.165, 1.54) is 12.1 Å². The molecule has 4 rings (SSSR count). The fourth-order valence-electron chi connectivity index (χ4n) is 4.38. The van der Waals surface area contributed by atoms with E-state index in [0.29, 0.717) is 48.9 Å². The first-order chi connectivity index (χ1) is 17.4. The average molecular weight is 500 g/mol. The SMILES string of the molecule is COc1ccc(CN2CC[C@H](O)[C@@](O)(COc3ccc(F)c(C)c3)C2)cc1OCCCn1ccnc1. The first-order valence-corrected chi connectivity index (χ1v) is 12.1. The highest BCUT2D eigenvalue weighted by Crippen LogP contribution is 2.30. The van der Waals surface area contributed by atoms with Crippen molar-refractivity contribution < 1.29 is 28.8 Å². The first-order valence-electron chi connectivity index (χ1n) is 12.1.